The van der Waals surface area contributed by atoms with E-state index in [1.54, 1.807) is 30.5 Å². The number of halogens is 1. The monoisotopic (exact) mass is 466 g/mol. The molecule has 1 aliphatic heterocycles. The molecule has 0 atom stereocenters. The molecule has 166 valence electrons. The van der Waals surface area contributed by atoms with Crippen LogP contribution in [0.3, 0.4) is 0 Å². The minimum atomic E-state index is -0.885. The SMILES string of the molecule is COc1ccc(N2C(=O)NC(=O)/C(=C/c3cccn3-c3cc([N+](=O)[O-])ccc3Cl)C2=O)cc1. The maximum absolute atomic E-state index is 13.1. The summed E-state index contributed by atoms with van der Waals surface area (Å²) in [5.41, 5.74) is 0.402. The predicted octanol–water partition coefficient (Wildman–Crippen LogP) is 3.71. The lowest BCUT2D eigenvalue weighted by Crippen LogP contribution is -2.54. The van der Waals surface area contributed by atoms with E-state index in [4.69, 9.17) is 16.3 Å². The molecule has 3 aromatic rings. The predicted molar refractivity (Wildman–Crippen MR) is 119 cm³/mol. The number of amides is 4. The van der Waals surface area contributed by atoms with E-state index >= 15 is 0 Å². The molecule has 0 aliphatic carbocycles. The zero-order chi connectivity index (χ0) is 23.7. The lowest BCUT2D eigenvalue weighted by Gasteiger charge is -2.26. The highest BCUT2D eigenvalue weighted by molar-refractivity contribution is 6.39. The first-order valence-corrected chi connectivity index (χ1v) is 9.85. The molecule has 2 aromatic carbocycles. The van der Waals surface area contributed by atoms with Crippen molar-refractivity contribution in [3.63, 3.8) is 0 Å². The number of nitro groups is 1. The number of nitro benzene ring substituents is 1. The second kappa shape index (κ2) is 8.60. The molecule has 0 spiro atoms. The lowest BCUT2D eigenvalue weighted by molar-refractivity contribution is -0.384. The van der Waals surface area contributed by atoms with Gasteiger partial charge in [0.1, 0.15) is 11.3 Å². The van der Waals surface area contributed by atoms with Gasteiger partial charge in [0.05, 0.1) is 28.4 Å². The summed E-state index contributed by atoms with van der Waals surface area (Å²) in [5, 5.41) is 13.5. The Kier molecular flexibility index (Phi) is 5.67. The number of nitrogens with zero attached hydrogens (tertiary/aromatic N) is 3. The molecular formula is C22H15ClN4O6. The molecule has 4 rings (SSSR count). The summed E-state index contributed by atoms with van der Waals surface area (Å²) >= 11 is 6.24. The number of non-ortho nitro benzene ring substituents is 1. The van der Waals surface area contributed by atoms with E-state index < -0.39 is 22.8 Å². The van der Waals surface area contributed by atoms with E-state index in [1.165, 1.54) is 48.1 Å². The molecule has 1 aromatic heterocycles. The van der Waals surface area contributed by atoms with Crippen LogP contribution in [-0.4, -0.2) is 34.4 Å². The van der Waals surface area contributed by atoms with Crippen molar-refractivity contribution in [2.45, 2.75) is 0 Å². The Bertz CT molecular complexity index is 1330. The molecule has 1 saturated heterocycles. The van der Waals surface area contributed by atoms with Crippen LogP contribution < -0.4 is 15.0 Å². The molecule has 0 bridgehead atoms. The second-order valence-corrected chi connectivity index (χ2v) is 7.26. The summed E-state index contributed by atoms with van der Waals surface area (Å²) in [6.45, 7) is 0. The molecular weight excluding hydrogens is 452 g/mol. The summed E-state index contributed by atoms with van der Waals surface area (Å²) < 4.78 is 6.58. The maximum Gasteiger partial charge on any atom is 0.335 e. The number of anilines is 1. The van der Waals surface area contributed by atoms with Crippen molar-refractivity contribution >= 4 is 46.9 Å². The van der Waals surface area contributed by atoms with E-state index in [0.29, 0.717) is 11.4 Å². The minimum absolute atomic E-state index is 0.176. The summed E-state index contributed by atoms with van der Waals surface area (Å²) in [4.78, 5) is 49.4. The van der Waals surface area contributed by atoms with Gasteiger partial charge in [0.15, 0.2) is 0 Å². The van der Waals surface area contributed by atoms with Crippen molar-refractivity contribution in [1.29, 1.82) is 0 Å². The fraction of sp³-hybridized carbons (Fsp3) is 0.0455. The van der Waals surface area contributed by atoms with Crippen LogP contribution in [0.25, 0.3) is 11.8 Å². The summed E-state index contributed by atoms with van der Waals surface area (Å²) in [7, 11) is 1.48. The molecule has 11 heteroatoms. The summed E-state index contributed by atoms with van der Waals surface area (Å²) in [6, 6.07) is 12.4. The summed E-state index contributed by atoms with van der Waals surface area (Å²) in [5.74, 6) is -1.17. The first-order valence-electron chi connectivity index (χ1n) is 9.47. The molecule has 1 fully saturated rings. The van der Waals surface area contributed by atoms with Gasteiger partial charge in [-0.1, -0.05) is 11.6 Å². The van der Waals surface area contributed by atoms with Crippen molar-refractivity contribution in [2.75, 3.05) is 12.0 Å². The first-order chi connectivity index (χ1) is 15.8. The van der Waals surface area contributed by atoms with E-state index in [9.17, 15) is 24.5 Å². The Morgan fingerprint density at radius 1 is 1.09 bits per heavy atom. The number of benzene rings is 2. The van der Waals surface area contributed by atoms with Crippen LogP contribution >= 0.6 is 11.6 Å². The van der Waals surface area contributed by atoms with Crippen molar-refractivity contribution < 1.29 is 24.0 Å². The number of imide groups is 2. The number of carbonyl (C=O) groups is 3. The summed E-state index contributed by atoms with van der Waals surface area (Å²) in [6.07, 6.45) is 2.87. The molecule has 10 nitrogen and oxygen atoms in total. The largest absolute Gasteiger partial charge is 0.497 e. The van der Waals surface area contributed by atoms with Crippen LogP contribution in [0.5, 0.6) is 5.75 Å². The van der Waals surface area contributed by atoms with E-state index in [0.717, 1.165) is 4.90 Å². The number of carbonyl (C=O) groups excluding carboxylic acids is 3. The number of nitrogens with one attached hydrogen (secondary N) is 1. The average Bonchev–Trinajstić information content (AvgIpc) is 3.25. The Morgan fingerprint density at radius 3 is 2.48 bits per heavy atom. The van der Waals surface area contributed by atoms with Crippen molar-refractivity contribution in [3.8, 4) is 11.4 Å². The van der Waals surface area contributed by atoms with Gasteiger partial charge in [-0.05, 0) is 48.5 Å². The Morgan fingerprint density at radius 2 is 1.82 bits per heavy atom. The molecule has 0 unspecified atom stereocenters. The third kappa shape index (κ3) is 4.06. The highest BCUT2D eigenvalue weighted by atomic mass is 35.5. The van der Waals surface area contributed by atoms with Crippen LogP contribution in [0.15, 0.2) is 66.4 Å². The lowest BCUT2D eigenvalue weighted by atomic mass is 10.1. The zero-order valence-electron chi connectivity index (χ0n) is 17.0. The second-order valence-electron chi connectivity index (χ2n) is 6.85. The molecule has 4 amide bonds. The topological polar surface area (TPSA) is 124 Å². The molecule has 0 radical (unpaired) electrons. The van der Waals surface area contributed by atoms with Crippen LogP contribution in [0.1, 0.15) is 5.69 Å². The van der Waals surface area contributed by atoms with Crippen LogP contribution in [0, 0.1) is 10.1 Å². The number of hydrogen-bond acceptors (Lipinski definition) is 6. The van der Waals surface area contributed by atoms with Crippen molar-refractivity contribution in [2.24, 2.45) is 0 Å². The quantitative estimate of drug-likeness (QED) is 0.264. The Hall–Kier alpha value is -4.44. The number of rotatable bonds is 5. The third-order valence-electron chi connectivity index (χ3n) is 4.90. The van der Waals surface area contributed by atoms with Gasteiger partial charge >= 0.3 is 6.03 Å². The van der Waals surface area contributed by atoms with Crippen LogP contribution in [-0.2, 0) is 9.59 Å². The smallest absolute Gasteiger partial charge is 0.335 e. The highest BCUT2D eigenvalue weighted by Gasteiger charge is 2.37. The highest BCUT2D eigenvalue weighted by Crippen LogP contribution is 2.29. The molecule has 33 heavy (non-hydrogen) atoms. The minimum Gasteiger partial charge on any atom is -0.497 e. The number of aromatic nitrogens is 1. The van der Waals surface area contributed by atoms with Crippen molar-refractivity contribution in [1.82, 2.24) is 9.88 Å². The zero-order valence-corrected chi connectivity index (χ0v) is 17.8. The normalized spacial score (nSPS) is 15.0. The van der Waals surface area contributed by atoms with Gasteiger partial charge in [0.25, 0.3) is 17.5 Å². The number of ether oxygens (including phenoxy) is 1. The number of urea groups is 1. The van der Waals surface area contributed by atoms with E-state index in [1.807, 2.05) is 0 Å². The number of barbiturate groups is 1. The third-order valence-corrected chi connectivity index (χ3v) is 5.22. The van der Waals surface area contributed by atoms with Crippen LogP contribution in [0.4, 0.5) is 16.2 Å². The Labute approximate surface area is 191 Å². The molecule has 0 saturated carbocycles. The fourth-order valence-corrected chi connectivity index (χ4v) is 3.51. The Balaban J connectivity index is 1.75. The molecule has 1 N–H and O–H groups in total. The van der Waals surface area contributed by atoms with Gasteiger partial charge in [0.2, 0.25) is 0 Å². The van der Waals surface area contributed by atoms with Gasteiger partial charge in [-0.25, -0.2) is 9.69 Å². The maximum atomic E-state index is 13.1. The molecule has 2 heterocycles. The van der Waals surface area contributed by atoms with E-state index in [2.05, 4.69) is 5.32 Å². The number of hydrogen-bond donors (Lipinski definition) is 1. The van der Waals surface area contributed by atoms with Gasteiger partial charge in [-0.15, -0.1) is 0 Å². The van der Waals surface area contributed by atoms with Crippen LogP contribution in [0.2, 0.25) is 5.02 Å². The van der Waals surface area contributed by atoms with Crippen molar-refractivity contribution in [3.05, 3.63) is 87.2 Å². The molecule has 1 aliphatic rings. The van der Waals surface area contributed by atoms with Gasteiger partial charge in [-0.3, -0.25) is 25.0 Å². The first kappa shape index (κ1) is 21.8. The fourth-order valence-electron chi connectivity index (χ4n) is 3.30. The van der Waals surface area contributed by atoms with E-state index in [-0.39, 0.29) is 27.7 Å². The average molecular weight is 467 g/mol. The van der Waals surface area contributed by atoms with Gasteiger partial charge in [0, 0.05) is 24.0 Å². The van der Waals surface area contributed by atoms with Gasteiger partial charge < -0.3 is 9.30 Å². The standard InChI is InChI=1S/C22H15ClN4O6/c1-33-16-7-4-13(5-8-16)26-21(29)17(20(28)24-22(26)30)11-14-3-2-10-25(14)19-12-15(27(31)32)6-9-18(19)23/h2-12H,1H3,(H,24,28,30)/b17-11-. The van der Waals surface area contributed by atoms with Gasteiger partial charge in [-0.2, -0.15) is 0 Å². The number of methoxy groups -OCH3 is 1.